The zero-order valence-corrected chi connectivity index (χ0v) is 11.0. The van der Waals surface area contributed by atoms with Gasteiger partial charge in [-0.3, -0.25) is 9.78 Å². The fourth-order valence-corrected chi connectivity index (χ4v) is 1.77. The minimum Gasteiger partial charge on any atom is -0.398 e. The number of halogens is 3. The van der Waals surface area contributed by atoms with Gasteiger partial charge in [-0.1, -0.05) is 0 Å². The van der Waals surface area contributed by atoms with Crippen molar-refractivity contribution in [2.24, 2.45) is 0 Å². The monoisotopic (exact) mass is 327 g/mol. The van der Waals surface area contributed by atoms with Crippen LogP contribution in [-0.4, -0.2) is 10.9 Å². The maximum Gasteiger partial charge on any atom is 0.257 e. The van der Waals surface area contributed by atoms with Gasteiger partial charge in [-0.2, -0.15) is 0 Å². The van der Waals surface area contributed by atoms with Crippen molar-refractivity contribution in [1.29, 1.82) is 0 Å². The van der Waals surface area contributed by atoms with E-state index < -0.39 is 17.5 Å². The predicted octanol–water partition coefficient (Wildman–Crippen LogP) is 2.96. The molecule has 0 saturated carbocycles. The third-order valence-corrected chi connectivity index (χ3v) is 2.99. The molecule has 98 valence electrons. The highest BCUT2D eigenvalue weighted by Crippen LogP contribution is 2.23. The van der Waals surface area contributed by atoms with E-state index in [4.69, 9.17) is 5.73 Å². The molecule has 0 saturated heterocycles. The van der Waals surface area contributed by atoms with Crippen molar-refractivity contribution in [2.45, 2.75) is 0 Å². The maximum atomic E-state index is 13.1. The number of nitrogens with one attached hydrogen (secondary N) is 1. The molecule has 0 aliphatic carbocycles. The quantitative estimate of drug-likeness (QED) is 0.833. The Morgan fingerprint density at radius 3 is 2.68 bits per heavy atom. The molecule has 0 unspecified atom stereocenters. The van der Waals surface area contributed by atoms with Gasteiger partial charge in [0.2, 0.25) is 0 Å². The number of hydrogen-bond donors (Lipinski definition) is 2. The zero-order chi connectivity index (χ0) is 14.0. The number of aromatic nitrogens is 1. The highest BCUT2D eigenvalue weighted by Gasteiger charge is 2.15. The van der Waals surface area contributed by atoms with E-state index in [2.05, 4.69) is 26.2 Å². The van der Waals surface area contributed by atoms with Crippen LogP contribution in [0.15, 0.2) is 35.1 Å². The fourth-order valence-electron chi connectivity index (χ4n) is 1.43. The first kappa shape index (κ1) is 13.4. The van der Waals surface area contributed by atoms with E-state index in [0.29, 0.717) is 10.2 Å². The van der Waals surface area contributed by atoms with Crippen molar-refractivity contribution in [2.75, 3.05) is 11.1 Å². The minimum absolute atomic E-state index is 0.136. The number of rotatable bonds is 2. The van der Waals surface area contributed by atoms with Crippen LogP contribution in [0, 0.1) is 11.6 Å². The summed E-state index contributed by atoms with van der Waals surface area (Å²) in [5.41, 5.74) is 5.67. The van der Waals surface area contributed by atoms with Crippen molar-refractivity contribution in [3.63, 3.8) is 0 Å². The molecule has 1 amide bonds. The van der Waals surface area contributed by atoms with Gasteiger partial charge < -0.3 is 11.1 Å². The van der Waals surface area contributed by atoms with E-state index in [1.807, 2.05) is 0 Å². The first-order valence-electron chi connectivity index (χ1n) is 5.14. The Morgan fingerprint density at radius 2 is 2.00 bits per heavy atom. The molecule has 2 rings (SSSR count). The Kier molecular flexibility index (Phi) is 3.75. The largest absolute Gasteiger partial charge is 0.398 e. The van der Waals surface area contributed by atoms with E-state index in [-0.39, 0.29) is 11.3 Å². The van der Waals surface area contributed by atoms with Crippen LogP contribution in [0.1, 0.15) is 10.4 Å². The fraction of sp³-hybridized carbons (Fsp3) is 0. The number of pyridine rings is 1. The first-order valence-corrected chi connectivity index (χ1v) is 5.93. The molecule has 1 heterocycles. The summed E-state index contributed by atoms with van der Waals surface area (Å²) in [5.74, 6) is -2.87. The Labute approximate surface area is 115 Å². The average Bonchev–Trinajstić information content (AvgIpc) is 2.36. The summed E-state index contributed by atoms with van der Waals surface area (Å²) in [5, 5.41) is 2.52. The molecule has 1 aromatic carbocycles. The van der Waals surface area contributed by atoms with Crippen molar-refractivity contribution in [3.8, 4) is 0 Å². The van der Waals surface area contributed by atoms with Gasteiger partial charge in [0.05, 0.1) is 15.7 Å². The summed E-state index contributed by atoms with van der Waals surface area (Å²) in [6, 6.07) is 3.08. The van der Waals surface area contributed by atoms with E-state index in [0.717, 1.165) is 12.1 Å². The second-order valence-corrected chi connectivity index (χ2v) is 4.52. The van der Waals surface area contributed by atoms with Crippen LogP contribution < -0.4 is 11.1 Å². The van der Waals surface area contributed by atoms with Crippen LogP contribution in [0.4, 0.5) is 20.2 Å². The molecule has 1 aromatic heterocycles. The lowest BCUT2D eigenvalue weighted by Crippen LogP contribution is -2.15. The lowest BCUT2D eigenvalue weighted by atomic mass is 10.1. The van der Waals surface area contributed by atoms with Gasteiger partial charge in [0.15, 0.2) is 11.6 Å². The summed E-state index contributed by atoms with van der Waals surface area (Å²) in [6.07, 6.45) is 2.97. The van der Waals surface area contributed by atoms with E-state index >= 15 is 0 Å². The summed E-state index contributed by atoms with van der Waals surface area (Å²) in [7, 11) is 0. The van der Waals surface area contributed by atoms with Crippen LogP contribution in [0.5, 0.6) is 0 Å². The number of carbonyl (C=O) groups excluding carboxylic acids is 1. The van der Waals surface area contributed by atoms with E-state index in [1.165, 1.54) is 12.4 Å². The molecule has 0 aliphatic rings. The third-order valence-electron chi connectivity index (χ3n) is 2.36. The van der Waals surface area contributed by atoms with Crippen LogP contribution in [0.2, 0.25) is 0 Å². The van der Waals surface area contributed by atoms with Crippen LogP contribution in [0.3, 0.4) is 0 Å². The number of anilines is 2. The second-order valence-electron chi connectivity index (χ2n) is 3.66. The second kappa shape index (κ2) is 5.31. The number of hydrogen-bond acceptors (Lipinski definition) is 3. The Bertz CT molecular complexity index is 649. The number of amides is 1. The van der Waals surface area contributed by atoms with Crippen molar-refractivity contribution in [3.05, 3.63) is 52.3 Å². The van der Waals surface area contributed by atoms with Crippen molar-refractivity contribution < 1.29 is 13.6 Å². The molecule has 2 aromatic rings. The van der Waals surface area contributed by atoms with Gasteiger partial charge in [-0.25, -0.2) is 8.78 Å². The highest BCUT2D eigenvalue weighted by molar-refractivity contribution is 9.10. The van der Waals surface area contributed by atoms with Gasteiger partial charge >= 0.3 is 0 Å². The van der Waals surface area contributed by atoms with E-state index in [1.54, 1.807) is 6.07 Å². The molecule has 0 fully saturated rings. The molecule has 0 radical (unpaired) electrons. The molecule has 0 bridgehead atoms. The minimum atomic E-state index is -1.13. The zero-order valence-electron chi connectivity index (χ0n) is 9.45. The molecule has 4 nitrogen and oxygen atoms in total. The molecular formula is C12H8BrF2N3O. The van der Waals surface area contributed by atoms with Gasteiger partial charge in [-0.15, -0.1) is 0 Å². The lowest BCUT2D eigenvalue weighted by molar-refractivity contribution is 0.102. The maximum absolute atomic E-state index is 13.1. The summed E-state index contributed by atoms with van der Waals surface area (Å²) in [4.78, 5) is 15.8. The molecule has 0 spiro atoms. The van der Waals surface area contributed by atoms with Gasteiger partial charge in [0.1, 0.15) is 0 Å². The molecule has 0 atom stereocenters. The van der Waals surface area contributed by atoms with E-state index in [9.17, 15) is 13.6 Å². The molecule has 3 N–H and O–H groups in total. The van der Waals surface area contributed by atoms with Gasteiger partial charge in [-0.05, 0) is 28.1 Å². The van der Waals surface area contributed by atoms with Gasteiger partial charge in [0, 0.05) is 24.1 Å². The molecular weight excluding hydrogens is 320 g/mol. The first-order chi connectivity index (χ1) is 8.99. The molecule has 19 heavy (non-hydrogen) atoms. The van der Waals surface area contributed by atoms with Gasteiger partial charge in [0.25, 0.3) is 5.91 Å². The molecule has 0 aliphatic heterocycles. The average molecular weight is 328 g/mol. The summed E-state index contributed by atoms with van der Waals surface area (Å²) in [6.45, 7) is 0. The summed E-state index contributed by atoms with van der Waals surface area (Å²) < 4.78 is 26.6. The van der Waals surface area contributed by atoms with Crippen molar-refractivity contribution >= 4 is 33.2 Å². The molecule has 7 heteroatoms. The topological polar surface area (TPSA) is 68.0 Å². The number of benzene rings is 1. The standard InChI is InChI=1S/C12H8BrF2N3O/c13-7-5-17-2-1-11(7)18-12(19)6-3-8(14)9(15)4-10(6)16/h1-5H,16H2,(H,17,18,19). The number of carbonyl (C=O) groups is 1. The SMILES string of the molecule is Nc1cc(F)c(F)cc1C(=O)Nc1ccncc1Br. The Hall–Kier alpha value is -2.02. The number of nitrogens with zero attached hydrogens (tertiary/aromatic N) is 1. The smallest absolute Gasteiger partial charge is 0.257 e. The number of nitrogen functional groups attached to an aromatic ring is 1. The lowest BCUT2D eigenvalue weighted by Gasteiger charge is -2.09. The third kappa shape index (κ3) is 2.87. The van der Waals surface area contributed by atoms with Crippen LogP contribution >= 0.6 is 15.9 Å². The Balaban J connectivity index is 2.31. The highest BCUT2D eigenvalue weighted by atomic mass is 79.9. The van der Waals surface area contributed by atoms with Crippen molar-refractivity contribution in [1.82, 2.24) is 4.98 Å². The van der Waals surface area contributed by atoms with Crippen LogP contribution in [-0.2, 0) is 0 Å². The summed E-state index contributed by atoms with van der Waals surface area (Å²) >= 11 is 3.20. The number of nitrogens with two attached hydrogens (primary N) is 1. The normalized spacial score (nSPS) is 10.3. The Morgan fingerprint density at radius 1 is 1.32 bits per heavy atom. The van der Waals surface area contributed by atoms with Crippen LogP contribution in [0.25, 0.3) is 0 Å². The predicted molar refractivity (Wildman–Crippen MR) is 70.7 cm³/mol.